The molecule has 0 aliphatic carbocycles. The molecule has 0 saturated carbocycles. The standard InChI is InChI=1S/C21H30N4O3S2/c1-24-12-14-25(15-13-24)11-3-2-10-22-21(26)18-6-8-20(9-7-18)30(27,28)23-17-19-5-4-16-29-19/h4-9,16,23H,2-3,10-15,17H2,1H3,(H,22,26). The zero-order chi connectivity index (χ0) is 21.4. The summed E-state index contributed by atoms with van der Waals surface area (Å²) in [6, 6.07) is 9.82. The molecule has 1 aromatic heterocycles. The van der Waals surface area contributed by atoms with E-state index in [1.165, 1.54) is 23.5 Å². The van der Waals surface area contributed by atoms with Gasteiger partial charge in [-0.1, -0.05) is 6.07 Å². The molecule has 164 valence electrons. The minimum absolute atomic E-state index is 0.155. The number of amides is 1. The molecule has 1 aliphatic rings. The number of benzene rings is 1. The fourth-order valence-corrected chi connectivity index (χ4v) is 5.03. The highest BCUT2D eigenvalue weighted by Gasteiger charge is 2.15. The Morgan fingerprint density at radius 1 is 1.07 bits per heavy atom. The molecule has 1 fully saturated rings. The number of hydrogen-bond acceptors (Lipinski definition) is 6. The van der Waals surface area contributed by atoms with Crippen LogP contribution in [0.5, 0.6) is 0 Å². The van der Waals surface area contributed by atoms with Gasteiger partial charge < -0.3 is 15.1 Å². The van der Waals surface area contributed by atoms with Gasteiger partial charge in [0.2, 0.25) is 10.0 Å². The molecule has 1 aliphatic heterocycles. The second kappa shape index (κ2) is 11.0. The quantitative estimate of drug-likeness (QED) is 0.541. The average Bonchev–Trinajstić information content (AvgIpc) is 3.27. The minimum Gasteiger partial charge on any atom is -0.352 e. The summed E-state index contributed by atoms with van der Waals surface area (Å²) < 4.78 is 27.4. The van der Waals surface area contributed by atoms with E-state index in [1.807, 2.05) is 17.5 Å². The first-order valence-electron chi connectivity index (χ1n) is 10.3. The average molecular weight is 451 g/mol. The van der Waals surface area contributed by atoms with E-state index in [0.29, 0.717) is 12.1 Å². The predicted octanol–water partition coefficient (Wildman–Crippen LogP) is 1.98. The summed E-state index contributed by atoms with van der Waals surface area (Å²) in [5, 5.41) is 4.82. The number of carbonyl (C=O) groups excluding carboxylic acids is 1. The van der Waals surface area contributed by atoms with Crippen LogP contribution < -0.4 is 10.0 Å². The molecule has 30 heavy (non-hydrogen) atoms. The summed E-state index contributed by atoms with van der Waals surface area (Å²) in [6.45, 7) is 6.40. The van der Waals surface area contributed by atoms with Gasteiger partial charge >= 0.3 is 0 Å². The van der Waals surface area contributed by atoms with Crippen molar-refractivity contribution in [1.29, 1.82) is 0 Å². The van der Waals surface area contributed by atoms with E-state index in [2.05, 4.69) is 26.9 Å². The van der Waals surface area contributed by atoms with E-state index in [0.717, 1.165) is 50.4 Å². The van der Waals surface area contributed by atoms with Gasteiger partial charge in [0.15, 0.2) is 0 Å². The highest BCUT2D eigenvalue weighted by atomic mass is 32.2. The third-order valence-electron chi connectivity index (χ3n) is 5.23. The summed E-state index contributed by atoms with van der Waals surface area (Å²) in [6.07, 6.45) is 1.98. The molecule has 0 spiro atoms. The van der Waals surface area contributed by atoms with Gasteiger partial charge in [-0.15, -0.1) is 11.3 Å². The molecule has 7 nitrogen and oxygen atoms in total. The van der Waals surface area contributed by atoms with E-state index in [-0.39, 0.29) is 17.3 Å². The zero-order valence-corrected chi connectivity index (χ0v) is 19.0. The maximum atomic E-state index is 12.4. The van der Waals surface area contributed by atoms with E-state index in [9.17, 15) is 13.2 Å². The Morgan fingerprint density at radius 3 is 2.47 bits per heavy atom. The second-order valence-corrected chi connectivity index (χ2v) is 10.3. The Kier molecular flexibility index (Phi) is 8.41. The topological polar surface area (TPSA) is 81.8 Å². The third kappa shape index (κ3) is 6.88. The molecular weight excluding hydrogens is 420 g/mol. The van der Waals surface area contributed by atoms with Crippen molar-refractivity contribution in [3.63, 3.8) is 0 Å². The maximum absolute atomic E-state index is 12.4. The van der Waals surface area contributed by atoms with Crippen LogP contribution in [0.15, 0.2) is 46.7 Å². The molecular formula is C21H30N4O3S2. The van der Waals surface area contributed by atoms with Gasteiger partial charge in [-0.05, 0) is 62.1 Å². The van der Waals surface area contributed by atoms with Gasteiger partial charge in [-0.2, -0.15) is 0 Å². The number of nitrogens with one attached hydrogen (secondary N) is 2. The molecule has 1 saturated heterocycles. The van der Waals surface area contributed by atoms with Crippen molar-refractivity contribution in [3.8, 4) is 0 Å². The largest absolute Gasteiger partial charge is 0.352 e. The molecule has 9 heteroatoms. The van der Waals surface area contributed by atoms with Crippen LogP contribution in [-0.2, 0) is 16.6 Å². The fourth-order valence-electron chi connectivity index (χ4n) is 3.28. The van der Waals surface area contributed by atoms with E-state index in [1.54, 1.807) is 12.1 Å². The summed E-state index contributed by atoms with van der Waals surface area (Å²) >= 11 is 1.50. The van der Waals surface area contributed by atoms with Crippen LogP contribution >= 0.6 is 11.3 Å². The summed E-state index contributed by atoms with van der Waals surface area (Å²) in [5.74, 6) is -0.176. The Hall–Kier alpha value is -1.78. The zero-order valence-electron chi connectivity index (χ0n) is 17.3. The summed E-state index contributed by atoms with van der Waals surface area (Å²) in [5.41, 5.74) is 0.464. The number of carbonyl (C=O) groups is 1. The second-order valence-electron chi connectivity index (χ2n) is 7.54. The van der Waals surface area contributed by atoms with Crippen LogP contribution in [0.3, 0.4) is 0 Å². The van der Waals surface area contributed by atoms with E-state index >= 15 is 0 Å². The molecule has 1 amide bonds. The van der Waals surface area contributed by atoms with Gasteiger partial charge in [0.1, 0.15) is 0 Å². The van der Waals surface area contributed by atoms with E-state index in [4.69, 9.17) is 0 Å². The molecule has 1 aromatic carbocycles. The number of thiophene rings is 1. The van der Waals surface area contributed by atoms with Crippen molar-refractivity contribution in [3.05, 3.63) is 52.2 Å². The normalized spacial score (nSPS) is 15.9. The first-order valence-corrected chi connectivity index (χ1v) is 12.6. The molecule has 2 N–H and O–H groups in total. The molecule has 0 radical (unpaired) electrons. The Morgan fingerprint density at radius 2 is 1.80 bits per heavy atom. The van der Waals surface area contributed by atoms with Gasteiger partial charge in [0, 0.05) is 49.7 Å². The van der Waals surface area contributed by atoms with Gasteiger partial charge in [-0.3, -0.25) is 4.79 Å². The number of nitrogens with zero attached hydrogens (tertiary/aromatic N) is 2. The van der Waals surface area contributed by atoms with Gasteiger partial charge in [0.25, 0.3) is 5.91 Å². The third-order valence-corrected chi connectivity index (χ3v) is 7.52. The Balaban J connectivity index is 1.39. The van der Waals surface area contributed by atoms with Crippen molar-refractivity contribution < 1.29 is 13.2 Å². The molecule has 3 rings (SSSR count). The molecule has 0 bridgehead atoms. The number of hydrogen-bond donors (Lipinski definition) is 2. The first-order chi connectivity index (χ1) is 14.4. The highest BCUT2D eigenvalue weighted by Crippen LogP contribution is 2.13. The minimum atomic E-state index is -3.60. The van der Waals surface area contributed by atoms with Crippen LogP contribution in [0.4, 0.5) is 0 Å². The van der Waals surface area contributed by atoms with Crippen molar-refractivity contribution in [2.75, 3.05) is 46.3 Å². The van der Waals surface area contributed by atoms with Crippen LogP contribution in [-0.4, -0.2) is 70.4 Å². The molecule has 0 atom stereocenters. The fraction of sp³-hybridized carbons (Fsp3) is 0.476. The predicted molar refractivity (Wildman–Crippen MR) is 120 cm³/mol. The van der Waals surface area contributed by atoms with Crippen molar-refractivity contribution in [2.45, 2.75) is 24.3 Å². The van der Waals surface area contributed by atoms with Gasteiger partial charge in [-0.25, -0.2) is 13.1 Å². The van der Waals surface area contributed by atoms with Crippen LogP contribution in [0.1, 0.15) is 28.1 Å². The maximum Gasteiger partial charge on any atom is 0.251 e. The smallest absolute Gasteiger partial charge is 0.251 e. The van der Waals surface area contributed by atoms with Crippen molar-refractivity contribution >= 4 is 27.3 Å². The van der Waals surface area contributed by atoms with Gasteiger partial charge in [0.05, 0.1) is 4.90 Å². The monoisotopic (exact) mass is 450 g/mol. The van der Waals surface area contributed by atoms with E-state index < -0.39 is 10.0 Å². The number of likely N-dealkylation sites (N-methyl/N-ethyl adjacent to an activating group) is 1. The van der Waals surface area contributed by atoms with Crippen LogP contribution in [0.2, 0.25) is 0 Å². The Labute approximate surface area is 183 Å². The highest BCUT2D eigenvalue weighted by molar-refractivity contribution is 7.89. The first kappa shape index (κ1) is 22.9. The number of sulfonamides is 1. The lowest BCUT2D eigenvalue weighted by molar-refractivity contribution is 0.0951. The molecule has 0 unspecified atom stereocenters. The SMILES string of the molecule is CN1CCN(CCCCNC(=O)c2ccc(S(=O)(=O)NCc3cccs3)cc2)CC1. The van der Waals surface area contributed by atoms with Crippen molar-refractivity contribution in [1.82, 2.24) is 19.8 Å². The van der Waals surface area contributed by atoms with Crippen molar-refractivity contribution in [2.24, 2.45) is 0 Å². The number of rotatable bonds is 10. The van der Waals surface area contributed by atoms with Crippen LogP contribution in [0.25, 0.3) is 0 Å². The molecule has 2 heterocycles. The summed E-state index contributed by atoms with van der Waals surface area (Å²) in [4.78, 5) is 18.2. The number of piperazine rings is 1. The lowest BCUT2D eigenvalue weighted by atomic mass is 10.2. The Bertz CT molecular complexity index is 891. The summed E-state index contributed by atoms with van der Waals surface area (Å²) in [7, 11) is -1.45. The number of unbranched alkanes of at least 4 members (excludes halogenated alkanes) is 1. The van der Waals surface area contributed by atoms with Crippen LogP contribution in [0, 0.1) is 0 Å². The lowest BCUT2D eigenvalue weighted by Crippen LogP contribution is -2.44. The molecule has 2 aromatic rings. The lowest BCUT2D eigenvalue weighted by Gasteiger charge is -2.32.